The second-order valence-electron chi connectivity index (χ2n) is 5.77. The molecule has 0 heterocycles. The summed E-state index contributed by atoms with van der Waals surface area (Å²) >= 11 is 0. The first kappa shape index (κ1) is 19.6. The number of carbonyl (C=O) groups excluding carboxylic acids is 1. The summed E-state index contributed by atoms with van der Waals surface area (Å²) in [7, 11) is 4.74. The fraction of sp³-hybridized carbons (Fsp3) is 0.350. The smallest absolute Gasteiger partial charge is 0.319 e. The van der Waals surface area contributed by atoms with Crippen LogP contribution < -0.4 is 20.1 Å². The molecule has 2 aromatic rings. The first-order valence-corrected chi connectivity index (χ1v) is 8.46. The number of hydrogen-bond acceptors (Lipinski definition) is 4. The Kier molecular flexibility index (Phi) is 6.86. The Morgan fingerprint density at radius 3 is 2.31 bits per heavy atom. The number of rotatable bonds is 8. The third-order valence-corrected chi connectivity index (χ3v) is 4.45. The Morgan fingerprint density at radius 2 is 1.73 bits per heavy atom. The van der Waals surface area contributed by atoms with Crippen molar-refractivity contribution in [3.8, 4) is 11.5 Å². The summed E-state index contributed by atoms with van der Waals surface area (Å²) in [5.41, 5.74) is 0.963. The van der Waals surface area contributed by atoms with E-state index in [-0.39, 0.29) is 6.03 Å². The molecule has 0 aliphatic heterocycles. The van der Waals surface area contributed by atoms with Crippen molar-refractivity contribution in [2.45, 2.75) is 18.9 Å². The van der Waals surface area contributed by atoms with Gasteiger partial charge in [0.1, 0.15) is 5.60 Å². The van der Waals surface area contributed by atoms with E-state index in [1.54, 1.807) is 32.4 Å². The molecule has 2 N–H and O–H groups in total. The summed E-state index contributed by atoms with van der Waals surface area (Å²) < 4.78 is 16.3. The molecule has 1 unspecified atom stereocenters. The molecular formula is C20H26N2O4. The molecule has 0 bridgehead atoms. The first-order valence-electron chi connectivity index (χ1n) is 8.46. The fourth-order valence-electron chi connectivity index (χ4n) is 2.88. The zero-order valence-electron chi connectivity index (χ0n) is 15.7. The van der Waals surface area contributed by atoms with Crippen LogP contribution in [-0.4, -0.2) is 33.9 Å². The standard InChI is InChI=1S/C20H26N2O4/c1-5-20(26-4,15-10-7-6-8-11-15)14-21-19(23)22-16-12-9-13-17(24-2)18(16)25-3/h6-13H,5,14H2,1-4H3,(H2,21,22,23). The molecular weight excluding hydrogens is 332 g/mol. The second kappa shape index (κ2) is 9.10. The number of hydrogen-bond donors (Lipinski definition) is 2. The molecule has 140 valence electrons. The molecule has 0 aliphatic rings. The van der Waals surface area contributed by atoms with Gasteiger partial charge in [-0.3, -0.25) is 0 Å². The minimum atomic E-state index is -0.586. The molecule has 1 atom stereocenters. The Bertz CT molecular complexity index is 715. The Labute approximate surface area is 154 Å². The van der Waals surface area contributed by atoms with E-state index in [0.717, 1.165) is 12.0 Å². The Hall–Kier alpha value is -2.73. The van der Waals surface area contributed by atoms with Crippen molar-refractivity contribution in [3.63, 3.8) is 0 Å². The zero-order chi connectivity index (χ0) is 19.0. The highest BCUT2D eigenvalue weighted by Crippen LogP contribution is 2.34. The van der Waals surface area contributed by atoms with Gasteiger partial charge in [0.15, 0.2) is 11.5 Å². The third-order valence-electron chi connectivity index (χ3n) is 4.45. The van der Waals surface area contributed by atoms with E-state index in [9.17, 15) is 4.79 Å². The highest BCUT2D eigenvalue weighted by molar-refractivity contribution is 5.91. The highest BCUT2D eigenvalue weighted by atomic mass is 16.5. The summed E-state index contributed by atoms with van der Waals surface area (Å²) in [6.45, 7) is 2.36. The van der Waals surface area contributed by atoms with Gasteiger partial charge in [0.2, 0.25) is 0 Å². The lowest BCUT2D eigenvalue weighted by molar-refractivity contribution is -0.0149. The summed E-state index contributed by atoms with van der Waals surface area (Å²) in [6.07, 6.45) is 0.719. The van der Waals surface area contributed by atoms with Gasteiger partial charge in [-0.1, -0.05) is 43.3 Å². The van der Waals surface area contributed by atoms with Crippen LogP contribution in [0.25, 0.3) is 0 Å². The van der Waals surface area contributed by atoms with Crippen molar-refractivity contribution >= 4 is 11.7 Å². The lowest BCUT2D eigenvalue weighted by atomic mass is 9.91. The van der Waals surface area contributed by atoms with Crippen LogP contribution in [0.1, 0.15) is 18.9 Å². The number of nitrogens with one attached hydrogen (secondary N) is 2. The zero-order valence-corrected chi connectivity index (χ0v) is 15.7. The van der Waals surface area contributed by atoms with Crippen LogP contribution in [0.3, 0.4) is 0 Å². The predicted octanol–water partition coefficient (Wildman–Crippen LogP) is 3.78. The summed E-state index contributed by atoms with van der Waals surface area (Å²) in [5.74, 6) is 1.02. The molecule has 2 rings (SSSR count). The van der Waals surface area contributed by atoms with Crippen LogP contribution in [-0.2, 0) is 10.3 Å². The van der Waals surface area contributed by atoms with Gasteiger partial charge >= 0.3 is 6.03 Å². The molecule has 0 spiro atoms. The third kappa shape index (κ3) is 4.26. The number of amides is 2. The SMILES string of the molecule is CCC(CNC(=O)Nc1cccc(OC)c1OC)(OC)c1ccccc1. The molecule has 0 fully saturated rings. The average Bonchev–Trinajstić information content (AvgIpc) is 2.69. The van der Waals surface area contributed by atoms with Crippen LogP contribution in [0, 0.1) is 0 Å². The van der Waals surface area contributed by atoms with Crippen molar-refractivity contribution in [2.24, 2.45) is 0 Å². The number of carbonyl (C=O) groups is 1. The van der Waals surface area contributed by atoms with Crippen LogP contribution >= 0.6 is 0 Å². The van der Waals surface area contributed by atoms with E-state index in [1.165, 1.54) is 7.11 Å². The monoisotopic (exact) mass is 358 g/mol. The van der Waals surface area contributed by atoms with Crippen molar-refractivity contribution in [1.82, 2.24) is 5.32 Å². The second-order valence-corrected chi connectivity index (χ2v) is 5.77. The maximum Gasteiger partial charge on any atom is 0.319 e. The van der Waals surface area contributed by atoms with E-state index < -0.39 is 5.60 Å². The number of urea groups is 1. The van der Waals surface area contributed by atoms with Crippen molar-refractivity contribution in [1.29, 1.82) is 0 Å². The van der Waals surface area contributed by atoms with Crippen LogP contribution in [0.2, 0.25) is 0 Å². The van der Waals surface area contributed by atoms with Gasteiger partial charge in [0, 0.05) is 7.11 Å². The van der Waals surface area contributed by atoms with Crippen LogP contribution in [0.5, 0.6) is 11.5 Å². The molecule has 2 amide bonds. The molecule has 0 saturated heterocycles. The molecule has 0 saturated carbocycles. The maximum atomic E-state index is 12.4. The van der Waals surface area contributed by atoms with Gasteiger partial charge in [-0.15, -0.1) is 0 Å². The number of benzene rings is 2. The van der Waals surface area contributed by atoms with E-state index in [0.29, 0.717) is 23.7 Å². The molecule has 6 heteroatoms. The topological polar surface area (TPSA) is 68.8 Å². The minimum Gasteiger partial charge on any atom is -0.493 e. The van der Waals surface area contributed by atoms with Crippen LogP contribution in [0.15, 0.2) is 48.5 Å². The van der Waals surface area contributed by atoms with Crippen LogP contribution in [0.4, 0.5) is 10.5 Å². The summed E-state index contributed by atoms with van der Waals surface area (Å²) in [6, 6.07) is 14.8. The summed E-state index contributed by atoms with van der Waals surface area (Å²) in [4.78, 5) is 12.4. The van der Waals surface area contributed by atoms with Gasteiger partial charge in [-0.2, -0.15) is 0 Å². The van der Waals surface area contributed by atoms with Gasteiger partial charge in [-0.25, -0.2) is 4.79 Å². The predicted molar refractivity (Wildman–Crippen MR) is 102 cm³/mol. The highest BCUT2D eigenvalue weighted by Gasteiger charge is 2.30. The van der Waals surface area contributed by atoms with Gasteiger partial charge in [-0.05, 0) is 24.1 Å². The normalized spacial score (nSPS) is 12.8. The van der Waals surface area contributed by atoms with Crippen molar-refractivity contribution in [2.75, 3.05) is 33.2 Å². The molecule has 6 nitrogen and oxygen atoms in total. The van der Waals surface area contributed by atoms with Gasteiger partial charge in [0.25, 0.3) is 0 Å². The lowest BCUT2D eigenvalue weighted by Gasteiger charge is -2.32. The van der Waals surface area contributed by atoms with Gasteiger partial charge in [0.05, 0.1) is 26.5 Å². The van der Waals surface area contributed by atoms with Gasteiger partial charge < -0.3 is 24.8 Å². The fourth-order valence-corrected chi connectivity index (χ4v) is 2.88. The first-order chi connectivity index (χ1) is 12.6. The Morgan fingerprint density at radius 1 is 1.00 bits per heavy atom. The molecule has 2 aromatic carbocycles. The van der Waals surface area contributed by atoms with Crippen molar-refractivity contribution in [3.05, 3.63) is 54.1 Å². The minimum absolute atomic E-state index is 0.335. The summed E-state index contributed by atoms with van der Waals surface area (Å²) in [5, 5.41) is 5.69. The molecule has 0 radical (unpaired) electrons. The average molecular weight is 358 g/mol. The Balaban J connectivity index is 2.10. The molecule has 0 aromatic heterocycles. The number of methoxy groups -OCH3 is 3. The molecule has 0 aliphatic carbocycles. The largest absolute Gasteiger partial charge is 0.493 e. The van der Waals surface area contributed by atoms with E-state index in [2.05, 4.69) is 10.6 Å². The van der Waals surface area contributed by atoms with E-state index in [4.69, 9.17) is 14.2 Å². The molecule has 26 heavy (non-hydrogen) atoms. The van der Waals surface area contributed by atoms with E-state index >= 15 is 0 Å². The number of anilines is 1. The number of ether oxygens (including phenoxy) is 3. The quantitative estimate of drug-likeness (QED) is 0.753. The lowest BCUT2D eigenvalue weighted by Crippen LogP contribution is -2.43. The maximum absolute atomic E-state index is 12.4. The van der Waals surface area contributed by atoms with E-state index in [1.807, 2.05) is 37.3 Å². The van der Waals surface area contributed by atoms with Crippen molar-refractivity contribution < 1.29 is 19.0 Å². The number of para-hydroxylation sites is 1.